The average molecular weight is 184 g/mol. The van der Waals surface area contributed by atoms with E-state index < -0.39 is 0 Å². The number of anilines is 1. The third kappa shape index (κ3) is 2.45. The SMILES string of the molecule is CCCN(CC)c1nc(CO)co1. The Morgan fingerprint density at radius 3 is 2.77 bits per heavy atom. The van der Waals surface area contributed by atoms with E-state index in [0.717, 1.165) is 19.5 Å². The van der Waals surface area contributed by atoms with Crippen molar-refractivity contribution in [3.05, 3.63) is 12.0 Å². The molecule has 13 heavy (non-hydrogen) atoms. The minimum Gasteiger partial charge on any atom is -0.432 e. The van der Waals surface area contributed by atoms with Crippen LogP contribution in [-0.2, 0) is 6.61 Å². The zero-order valence-electron chi connectivity index (χ0n) is 8.16. The summed E-state index contributed by atoms with van der Waals surface area (Å²) in [4.78, 5) is 6.17. The van der Waals surface area contributed by atoms with E-state index in [4.69, 9.17) is 9.52 Å². The van der Waals surface area contributed by atoms with Crippen LogP contribution in [0.15, 0.2) is 10.7 Å². The fraction of sp³-hybridized carbons (Fsp3) is 0.667. The van der Waals surface area contributed by atoms with Crippen molar-refractivity contribution in [1.29, 1.82) is 0 Å². The van der Waals surface area contributed by atoms with E-state index in [-0.39, 0.29) is 6.61 Å². The van der Waals surface area contributed by atoms with Crippen molar-refractivity contribution in [1.82, 2.24) is 4.98 Å². The van der Waals surface area contributed by atoms with E-state index in [1.54, 1.807) is 0 Å². The molecule has 0 saturated carbocycles. The predicted molar refractivity (Wildman–Crippen MR) is 50.6 cm³/mol. The molecule has 0 bridgehead atoms. The zero-order valence-corrected chi connectivity index (χ0v) is 8.16. The van der Waals surface area contributed by atoms with Crippen LogP contribution in [0.1, 0.15) is 26.0 Å². The van der Waals surface area contributed by atoms with Gasteiger partial charge >= 0.3 is 0 Å². The van der Waals surface area contributed by atoms with Gasteiger partial charge in [-0.25, -0.2) is 0 Å². The molecule has 1 rings (SSSR count). The Morgan fingerprint density at radius 1 is 1.54 bits per heavy atom. The second-order valence-corrected chi connectivity index (χ2v) is 2.86. The molecule has 1 heterocycles. The monoisotopic (exact) mass is 184 g/mol. The fourth-order valence-corrected chi connectivity index (χ4v) is 1.17. The lowest BCUT2D eigenvalue weighted by molar-refractivity contribution is 0.276. The first-order valence-corrected chi connectivity index (χ1v) is 4.62. The number of aliphatic hydroxyl groups is 1. The standard InChI is InChI=1S/C9H16N2O2/c1-3-5-11(4-2)9-10-8(6-12)7-13-9/h7,12H,3-6H2,1-2H3. The van der Waals surface area contributed by atoms with Crippen LogP contribution in [0.25, 0.3) is 0 Å². The highest BCUT2D eigenvalue weighted by molar-refractivity contribution is 5.26. The molecule has 0 unspecified atom stereocenters. The van der Waals surface area contributed by atoms with Gasteiger partial charge < -0.3 is 14.4 Å². The highest BCUT2D eigenvalue weighted by atomic mass is 16.4. The van der Waals surface area contributed by atoms with Crippen molar-refractivity contribution < 1.29 is 9.52 Å². The molecule has 0 aromatic carbocycles. The van der Waals surface area contributed by atoms with Gasteiger partial charge in [0.25, 0.3) is 6.01 Å². The summed E-state index contributed by atoms with van der Waals surface area (Å²) < 4.78 is 5.22. The molecule has 1 aromatic rings. The van der Waals surface area contributed by atoms with Gasteiger partial charge in [-0.3, -0.25) is 0 Å². The zero-order chi connectivity index (χ0) is 9.68. The molecule has 0 saturated heterocycles. The van der Waals surface area contributed by atoms with Crippen LogP contribution in [0.2, 0.25) is 0 Å². The van der Waals surface area contributed by atoms with Gasteiger partial charge in [-0.15, -0.1) is 0 Å². The topological polar surface area (TPSA) is 49.5 Å². The molecule has 1 N–H and O–H groups in total. The number of hydrogen-bond donors (Lipinski definition) is 1. The van der Waals surface area contributed by atoms with Crippen LogP contribution in [0, 0.1) is 0 Å². The van der Waals surface area contributed by atoms with E-state index in [0.29, 0.717) is 11.7 Å². The van der Waals surface area contributed by atoms with Gasteiger partial charge in [0.15, 0.2) is 0 Å². The third-order valence-corrected chi connectivity index (χ3v) is 1.85. The molecule has 0 radical (unpaired) electrons. The van der Waals surface area contributed by atoms with Crippen molar-refractivity contribution in [2.24, 2.45) is 0 Å². The molecule has 1 aromatic heterocycles. The molecule has 4 nitrogen and oxygen atoms in total. The Morgan fingerprint density at radius 2 is 2.31 bits per heavy atom. The highest BCUT2D eigenvalue weighted by Gasteiger charge is 2.09. The summed E-state index contributed by atoms with van der Waals surface area (Å²) in [6, 6.07) is 0.605. The molecule has 74 valence electrons. The molecular weight excluding hydrogens is 168 g/mol. The summed E-state index contributed by atoms with van der Waals surface area (Å²) in [5.74, 6) is 0. The van der Waals surface area contributed by atoms with Crippen molar-refractivity contribution >= 4 is 6.01 Å². The largest absolute Gasteiger partial charge is 0.432 e. The first kappa shape index (κ1) is 10.1. The first-order valence-electron chi connectivity index (χ1n) is 4.62. The molecule has 0 aliphatic rings. The number of aliphatic hydroxyl groups excluding tert-OH is 1. The molecule has 0 amide bonds. The Bertz CT molecular complexity index is 248. The van der Waals surface area contributed by atoms with E-state index >= 15 is 0 Å². The predicted octanol–water partition coefficient (Wildman–Crippen LogP) is 1.40. The van der Waals surface area contributed by atoms with Crippen molar-refractivity contribution in [2.75, 3.05) is 18.0 Å². The van der Waals surface area contributed by atoms with Gasteiger partial charge in [0.05, 0.1) is 6.61 Å². The van der Waals surface area contributed by atoms with Crippen LogP contribution < -0.4 is 4.90 Å². The second kappa shape index (κ2) is 4.87. The molecule has 0 spiro atoms. The molecule has 0 fully saturated rings. The molecule has 0 atom stereocenters. The Balaban J connectivity index is 2.67. The summed E-state index contributed by atoms with van der Waals surface area (Å²) in [5.41, 5.74) is 0.588. The smallest absolute Gasteiger partial charge is 0.297 e. The van der Waals surface area contributed by atoms with E-state index in [1.165, 1.54) is 6.26 Å². The van der Waals surface area contributed by atoms with Gasteiger partial charge in [-0.05, 0) is 13.3 Å². The van der Waals surface area contributed by atoms with Crippen molar-refractivity contribution in [3.8, 4) is 0 Å². The van der Waals surface area contributed by atoms with E-state index in [2.05, 4.69) is 18.8 Å². The van der Waals surface area contributed by atoms with Crippen LogP contribution in [0.4, 0.5) is 6.01 Å². The quantitative estimate of drug-likeness (QED) is 0.751. The lowest BCUT2D eigenvalue weighted by atomic mass is 10.4. The number of oxazole rings is 1. The first-order chi connectivity index (χ1) is 6.31. The van der Waals surface area contributed by atoms with Gasteiger partial charge in [0.1, 0.15) is 12.0 Å². The average Bonchev–Trinajstić information content (AvgIpc) is 2.62. The van der Waals surface area contributed by atoms with Gasteiger partial charge in [-0.2, -0.15) is 4.98 Å². The van der Waals surface area contributed by atoms with Crippen LogP contribution in [-0.4, -0.2) is 23.2 Å². The summed E-state index contributed by atoms with van der Waals surface area (Å²) >= 11 is 0. The van der Waals surface area contributed by atoms with Crippen molar-refractivity contribution in [3.63, 3.8) is 0 Å². The minimum absolute atomic E-state index is 0.0623. The van der Waals surface area contributed by atoms with Crippen LogP contribution >= 0.6 is 0 Å². The molecule has 0 aliphatic heterocycles. The van der Waals surface area contributed by atoms with Crippen LogP contribution in [0.5, 0.6) is 0 Å². The molecule has 0 aliphatic carbocycles. The molecule has 4 heteroatoms. The Kier molecular flexibility index (Phi) is 3.76. The maximum atomic E-state index is 8.79. The summed E-state index contributed by atoms with van der Waals surface area (Å²) in [6.07, 6.45) is 2.55. The summed E-state index contributed by atoms with van der Waals surface area (Å²) in [7, 11) is 0. The maximum absolute atomic E-state index is 8.79. The normalized spacial score (nSPS) is 10.4. The number of nitrogens with zero attached hydrogens (tertiary/aromatic N) is 2. The third-order valence-electron chi connectivity index (χ3n) is 1.85. The fourth-order valence-electron chi connectivity index (χ4n) is 1.17. The number of aromatic nitrogens is 1. The second-order valence-electron chi connectivity index (χ2n) is 2.86. The lowest BCUT2D eigenvalue weighted by Crippen LogP contribution is -2.23. The van der Waals surface area contributed by atoms with Gasteiger partial charge in [0, 0.05) is 13.1 Å². The highest BCUT2D eigenvalue weighted by Crippen LogP contribution is 2.13. The molecular formula is C9H16N2O2. The number of rotatable bonds is 5. The summed E-state index contributed by atoms with van der Waals surface area (Å²) in [5, 5.41) is 8.79. The lowest BCUT2D eigenvalue weighted by Gasteiger charge is -2.16. The van der Waals surface area contributed by atoms with Crippen LogP contribution in [0.3, 0.4) is 0 Å². The van der Waals surface area contributed by atoms with E-state index in [1.807, 2.05) is 4.90 Å². The van der Waals surface area contributed by atoms with Gasteiger partial charge in [0.2, 0.25) is 0 Å². The maximum Gasteiger partial charge on any atom is 0.297 e. The minimum atomic E-state index is -0.0623. The Labute approximate surface area is 78.2 Å². The summed E-state index contributed by atoms with van der Waals surface area (Å²) in [6.45, 7) is 5.91. The number of hydrogen-bond acceptors (Lipinski definition) is 4. The Hall–Kier alpha value is -1.03. The van der Waals surface area contributed by atoms with Crippen molar-refractivity contribution in [2.45, 2.75) is 26.9 Å². The van der Waals surface area contributed by atoms with Gasteiger partial charge in [-0.1, -0.05) is 6.92 Å². The van der Waals surface area contributed by atoms with E-state index in [9.17, 15) is 0 Å².